The predicted octanol–water partition coefficient (Wildman–Crippen LogP) is 2.77. The van der Waals surface area contributed by atoms with Crippen LogP contribution in [0.15, 0.2) is 10.6 Å². The largest absolute Gasteiger partial charge is 0.313 e. The maximum Gasteiger partial charge on any atom is 0.0434 e. The standard InChI is InChI=1S/C11H20Cl2N2/c1-2-15(8-10(13)7-12)9-11-5-3-4-6-14-11/h7,11,14H,2-6,8-9H2,1H3. The monoisotopic (exact) mass is 250 g/mol. The van der Waals surface area contributed by atoms with Crippen LogP contribution in [0.25, 0.3) is 0 Å². The predicted molar refractivity (Wildman–Crippen MR) is 67.5 cm³/mol. The molecule has 0 aromatic rings. The van der Waals surface area contributed by atoms with Gasteiger partial charge in [-0.2, -0.15) is 0 Å². The molecule has 1 unspecified atom stereocenters. The molecular weight excluding hydrogens is 231 g/mol. The Morgan fingerprint density at radius 2 is 2.33 bits per heavy atom. The Bertz CT molecular complexity index is 201. The van der Waals surface area contributed by atoms with Gasteiger partial charge in [-0.05, 0) is 25.9 Å². The van der Waals surface area contributed by atoms with E-state index >= 15 is 0 Å². The van der Waals surface area contributed by atoms with Gasteiger partial charge in [0.25, 0.3) is 0 Å². The Labute approximate surface area is 103 Å². The van der Waals surface area contributed by atoms with Crippen LogP contribution in [0.2, 0.25) is 0 Å². The molecule has 0 bridgehead atoms. The lowest BCUT2D eigenvalue weighted by Crippen LogP contribution is -2.43. The number of nitrogens with one attached hydrogen (secondary N) is 1. The normalized spacial score (nSPS) is 23.5. The van der Waals surface area contributed by atoms with E-state index in [0.29, 0.717) is 11.1 Å². The summed E-state index contributed by atoms with van der Waals surface area (Å²) in [6, 6.07) is 0.624. The third kappa shape index (κ3) is 5.21. The summed E-state index contributed by atoms with van der Waals surface area (Å²) in [6.45, 7) is 6.15. The van der Waals surface area contributed by atoms with E-state index in [2.05, 4.69) is 17.1 Å². The summed E-state index contributed by atoms with van der Waals surface area (Å²) >= 11 is 11.5. The molecule has 15 heavy (non-hydrogen) atoms. The highest BCUT2D eigenvalue weighted by Crippen LogP contribution is 2.11. The van der Waals surface area contributed by atoms with Crippen molar-refractivity contribution in [1.29, 1.82) is 0 Å². The van der Waals surface area contributed by atoms with Crippen molar-refractivity contribution in [1.82, 2.24) is 10.2 Å². The number of hydrogen-bond acceptors (Lipinski definition) is 2. The fourth-order valence-electron chi connectivity index (χ4n) is 1.95. The third-order valence-corrected chi connectivity index (χ3v) is 3.43. The molecule has 0 aromatic carbocycles. The Kier molecular flexibility index (Phi) is 6.66. The topological polar surface area (TPSA) is 15.3 Å². The van der Waals surface area contributed by atoms with Gasteiger partial charge in [-0.1, -0.05) is 36.5 Å². The van der Waals surface area contributed by atoms with Gasteiger partial charge in [0.2, 0.25) is 0 Å². The van der Waals surface area contributed by atoms with Crippen molar-refractivity contribution in [3.8, 4) is 0 Å². The minimum atomic E-state index is 0.624. The van der Waals surface area contributed by atoms with Crippen molar-refractivity contribution in [2.24, 2.45) is 0 Å². The Morgan fingerprint density at radius 1 is 1.53 bits per heavy atom. The molecule has 1 fully saturated rings. The average Bonchev–Trinajstić information content (AvgIpc) is 2.29. The molecule has 1 aliphatic rings. The van der Waals surface area contributed by atoms with Crippen molar-refractivity contribution in [2.75, 3.05) is 26.2 Å². The van der Waals surface area contributed by atoms with Crippen molar-refractivity contribution in [3.05, 3.63) is 10.6 Å². The summed E-state index contributed by atoms with van der Waals surface area (Å²) in [6.07, 6.45) is 3.93. The molecule has 2 nitrogen and oxygen atoms in total. The maximum atomic E-state index is 5.92. The number of nitrogens with zero attached hydrogens (tertiary/aromatic N) is 1. The molecule has 1 saturated heterocycles. The Morgan fingerprint density at radius 3 is 2.87 bits per heavy atom. The molecule has 1 rings (SSSR count). The first kappa shape index (κ1) is 13.3. The zero-order valence-electron chi connectivity index (χ0n) is 9.31. The van der Waals surface area contributed by atoms with Gasteiger partial charge < -0.3 is 5.32 Å². The van der Waals surface area contributed by atoms with Crippen LogP contribution in [0, 0.1) is 0 Å². The molecule has 1 aliphatic heterocycles. The SMILES string of the molecule is CCN(CC(Cl)=CCl)CC1CCCCN1. The van der Waals surface area contributed by atoms with Crippen molar-refractivity contribution >= 4 is 23.2 Å². The number of likely N-dealkylation sites (N-methyl/N-ethyl adjacent to an activating group) is 1. The minimum absolute atomic E-state index is 0.624. The molecule has 0 spiro atoms. The van der Waals surface area contributed by atoms with E-state index in [9.17, 15) is 0 Å². The summed E-state index contributed by atoms with van der Waals surface area (Å²) in [5, 5.41) is 4.25. The number of piperidine rings is 1. The quantitative estimate of drug-likeness (QED) is 0.808. The fourth-order valence-corrected chi connectivity index (χ4v) is 2.18. The highest BCUT2D eigenvalue weighted by Gasteiger charge is 2.15. The van der Waals surface area contributed by atoms with Gasteiger partial charge in [0, 0.05) is 29.7 Å². The van der Waals surface area contributed by atoms with Crippen LogP contribution in [-0.4, -0.2) is 37.1 Å². The Hall–Kier alpha value is 0.240. The Balaban J connectivity index is 2.31. The minimum Gasteiger partial charge on any atom is -0.313 e. The summed E-state index contributed by atoms with van der Waals surface area (Å²) in [5.74, 6) is 0. The van der Waals surface area contributed by atoms with Gasteiger partial charge >= 0.3 is 0 Å². The smallest absolute Gasteiger partial charge is 0.0434 e. The van der Waals surface area contributed by atoms with E-state index in [1.807, 2.05) is 0 Å². The average molecular weight is 251 g/mol. The first-order valence-electron chi connectivity index (χ1n) is 5.66. The number of halogens is 2. The van der Waals surface area contributed by atoms with Crippen molar-refractivity contribution in [3.63, 3.8) is 0 Å². The van der Waals surface area contributed by atoms with Crippen LogP contribution in [-0.2, 0) is 0 Å². The van der Waals surface area contributed by atoms with Gasteiger partial charge in [0.1, 0.15) is 0 Å². The van der Waals surface area contributed by atoms with E-state index in [1.165, 1.54) is 24.8 Å². The highest BCUT2D eigenvalue weighted by molar-refractivity contribution is 6.36. The highest BCUT2D eigenvalue weighted by atomic mass is 35.5. The lowest BCUT2D eigenvalue weighted by Gasteiger charge is -2.29. The van der Waals surface area contributed by atoms with Crippen LogP contribution in [0.5, 0.6) is 0 Å². The molecule has 0 aliphatic carbocycles. The second-order valence-electron chi connectivity index (χ2n) is 4.03. The molecule has 1 N–H and O–H groups in total. The third-order valence-electron chi connectivity index (χ3n) is 2.83. The van der Waals surface area contributed by atoms with Crippen LogP contribution >= 0.6 is 23.2 Å². The van der Waals surface area contributed by atoms with E-state index < -0.39 is 0 Å². The van der Waals surface area contributed by atoms with Gasteiger partial charge in [0.15, 0.2) is 0 Å². The number of rotatable bonds is 5. The summed E-state index contributed by atoms with van der Waals surface area (Å²) in [4.78, 5) is 2.32. The van der Waals surface area contributed by atoms with E-state index in [1.54, 1.807) is 0 Å². The molecule has 0 saturated carbocycles. The van der Waals surface area contributed by atoms with Crippen LogP contribution in [0.1, 0.15) is 26.2 Å². The first-order valence-corrected chi connectivity index (χ1v) is 6.48. The van der Waals surface area contributed by atoms with E-state index in [0.717, 1.165) is 26.2 Å². The van der Waals surface area contributed by atoms with Crippen LogP contribution < -0.4 is 5.32 Å². The fraction of sp³-hybridized carbons (Fsp3) is 0.818. The molecule has 0 aromatic heterocycles. The van der Waals surface area contributed by atoms with Gasteiger partial charge in [-0.15, -0.1) is 0 Å². The molecule has 1 atom stereocenters. The van der Waals surface area contributed by atoms with Gasteiger partial charge in [-0.25, -0.2) is 0 Å². The molecule has 0 amide bonds. The van der Waals surface area contributed by atoms with Crippen LogP contribution in [0.4, 0.5) is 0 Å². The first-order chi connectivity index (χ1) is 7.26. The summed E-state index contributed by atoms with van der Waals surface area (Å²) in [7, 11) is 0. The lowest BCUT2D eigenvalue weighted by molar-refractivity contribution is 0.250. The van der Waals surface area contributed by atoms with Crippen molar-refractivity contribution in [2.45, 2.75) is 32.2 Å². The summed E-state index contributed by atoms with van der Waals surface area (Å²) in [5.41, 5.74) is 1.46. The molecule has 88 valence electrons. The van der Waals surface area contributed by atoms with E-state index in [-0.39, 0.29) is 0 Å². The summed E-state index contributed by atoms with van der Waals surface area (Å²) < 4.78 is 0. The molecule has 4 heteroatoms. The molecule has 1 heterocycles. The van der Waals surface area contributed by atoms with Gasteiger partial charge in [0.05, 0.1) is 0 Å². The zero-order valence-corrected chi connectivity index (χ0v) is 10.8. The second kappa shape index (κ2) is 7.50. The number of hydrogen-bond donors (Lipinski definition) is 1. The van der Waals surface area contributed by atoms with Crippen molar-refractivity contribution < 1.29 is 0 Å². The second-order valence-corrected chi connectivity index (χ2v) is 4.73. The van der Waals surface area contributed by atoms with E-state index in [4.69, 9.17) is 23.2 Å². The van der Waals surface area contributed by atoms with Crippen LogP contribution in [0.3, 0.4) is 0 Å². The molecule has 0 radical (unpaired) electrons. The van der Waals surface area contributed by atoms with Gasteiger partial charge in [-0.3, -0.25) is 4.90 Å². The zero-order chi connectivity index (χ0) is 11.1. The maximum absolute atomic E-state index is 5.92. The lowest BCUT2D eigenvalue weighted by atomic mass is 10.0. The molecular formula is C11H20Cl2N2.